The zero-order valence-electron chi connectivity index (χ0n) is 12.8. The van der Waals surface area contributed by atoms with Gasteiger partial charge in [0, 0.05) is 13.2 Å². The molecular formula is C17H32AlLiN2O2. The predicted molar refractivity (Wildman–Crippen MR) is 102 cm³/mol. The Morgan fingerprint density at radius 1 is 1.22 bits per heavy atom. The summed E-state index contributed by atoms with van der Waals surface area (Å²) in [6.45, 7) is 3.38. The average Bonchev–Trinajstić information content (AvgIpc) is 2.56. The second-order valence-corrected chi connectivity index (χ2v) is 6.08. The van der Waals surface area contributed by atoms with Crippen molar-refractivity contribution in [2.45, 2.75) is 31.8 Å². The van der Waals surface area contributed by atoms with Gasteiger partial charge in [-0.2, -0.15) is 0 Å². The van der Waals surface area contributed by atoms with Crippen LogP contribution >= 0.6 is 0 Å². The number of ether oxygens (including phenoxy) is 1. The van der Waals surface area contributed by atoms with E-state index >= 15 is 0 Å². The fraction of sp³-hybridized carbons (Fsp3) is 0.647. The standard InChI is InChI=1S/C17H28N2O2.Al.Li.4H/c18-13-16(12-17(14-20)7-9-19-10-8-17)21-11-6-15-4-2-1-3-5-15;;;;;;/h1-5,16,19-20H,6-14,18H2;;;;;;. The van der Waals surface area contributed by atoms with Crippen LogP contribution in [0.4, 0.5) is 0 Å². The zero-order chi connectivity index (χ0) is 15.0. The first kappa shape index (κ1) is 23.2. The Balaban J connectivity index is 0.00000242. The third kappa shape index (κ3) is 7.74. The number of aliphatic hydroxyl groups excluding tert-OH is 1. The first-order valence-corrected chi connectivity index (χ1v) is 7.95. The Morgan fingerprint density at radius 3 is 2.43 bits per heavy atom. The molecule has 1 aliphatic heterocycles. The molecule has 0 aliphatic carbocycles. The number of aliphatic hydroxyl groups is 1. The van der Waals surface area contributed by atoms with Gasteiger partial charge in [0.1, 0.15) is 0 Å². The summed E-state index contributed by atoms with van der Waals surface area (Å²) in [6, 6.07) is 10.3. The minimum absolute atomic E-state index is 0. The summed E-state index contributed by atoms with van der Waals surface area (Å²) >= 11 is 0. The molecule has 0 radical (unpaired) electrons. The van der Waals surface area contributed by atoms with Gasteiger partial charge in [0.15, 0.2) is 17.4 Å². The van der Waals surface area contributed by atoms with Gasteiger partial charge in [-0.3, -0.25) is 0 Å². The van der Waals surface area contributed by atoms with Gasteiger partial charge in [0.25, 0.3) is 0 Å². The van der Waals surface area contributed by atoms with Crippen molar-refractivity contribution >= 4 is 36.2 Å². The van der Waals surface area contributed by atoms with Crippen LogP contribution in [0.25, 0.3) is 0 Å². The van der Waals surface area contributed by atoms with Gasteiger partial charge in [-0.15, -0.1) is 0 Å². The minimum atomic E-state index is -0.0119. The van der Waals surface area contributed by atoms with Gasteiger partial charge in [0.05, 0.1) is 12.7 Å². The molecule has 1 saturated heterocycles. The average molecular weight is 330 g/mol. The van der Waals surface area contributed by atoms with E-state index in [4.69, 9.17) is 10.5 Å². The summed E-state index contributed by atoms with van der Waals surface area (Å²) in [5.74, 6) is 0. The molecule has 1 atom stereocenters. The molecule has 0 amide bonds. The molecule has 23 heavy (non-hydrogen) atoms. The Kier molecular flexibility index (Phi) is 12.6. The van der Waals surface area contributed by atoms with Gasteiger partial charge < -0.3 is 20.9 Å². The van der Waals surface area contributed by atoms with Crippen LogP contribution in [-0.2, 0) is 11.2 Å². The fourth-order valence-corrected chi connectivity index (χ4v) is 3.07. The number of piperidine rings is 1. The molecule has 0 saturated carbocycles. The molecule has 1 fully saturated rings. The predicted octanol–water partition coefficient (Wildman–Crippen LogP) is -0.507. The van der Waals surface area contributed by atoms with Gasteiger partial charge in [0.2, 0.25) is 0 Å². The van der Waals surface area contributed by atoms with E-state index in [1.54, 1.807) is 0 Å². The second-order valence-electron chi connectivity index (χ2n) is 6.08. The van der Waals surface area contributed by atoms with Crippen molar-refractivity contribution < 1.29 is 9.84 Å². The second kappa shape index (κ2) is 12.5. The third-order valence-electron chi connectivity index (χ3n) is 4.51. The van der Waals surface area contributed by atoms with Crippen LogP contribution < -0.4 is 11.1 Å². The molecule has 4 N–H and O–H groups in total. The molecule has 126 valence electrons. The van der Waals surface area contributed by atoms with Crippen molar-refractivity contribution in [2.75, 3.05) is 32.8 Å². The van der Waals surface area contributed by atoms with Gasteiger partial charge in [-0.25, -0.2) is 0 Å². The molecule has 1 aromatic carbocycles. The van der Waals surface area contributed by atoms with E-state index in [9.17, 15) is 5.11 Å². The summed E-state index contributed by atoms with van der Waals surface area (Å²) in [5.41, 5.74) is 7.13. The van der Waals surface area contributed by atoms with Gasteiger partial charge in [-0.05, 0) is 49.8 Å². The van der Waals surface area contributed by atoms with Crippen molar-refractivity contribution in [1.29, 1.82) is 0 Å². The van der Waals surface area contributed by atoms with E-state index in [0.29, 0.717) is 13.2 Å². The van der Waals surface area contributed by atoms with Crippen LogP contribution in [0.2, 0.25) is 0 Å². The maximum atomic E-state index is 9.77. The van der Waals surface area contributed by atoms with E-state index in [1.807, 2.05) is 18.2 Å². The first-order chi connectivity index (χ1) is 10.3. The van der Waals surface area contributed by atoms with E-state index < -0.39 is 0 Å². The van der Waals surface area contributed by atoms with Crippen molar-refractivity contribution in [3.63, 3.8) is 0 Å². The summed E-state index contributed by atoms with van der Waals surface area (Å²) in [5, 5.41) is 13.1. The van der Waals surface area contributed by atoms with E-state index in [2.05, 4.69) is 17.4 Å². The monoisotopic (exact) mass is 330 g/mol. The van der Waals surface area contributed by atoms with Crippen molar-refractivity contribution in [2.24, 2.45) is 11.1 Å². The van der Waals surface area contributed by atoms with Gasteiger partial charge >= 0.3 is 18.9 Å². The van der Waals surface area contributed by atoms with Crippen molar-refractivity contribution in [1.82, 2.24) is 5.32 Å². The van der Waals surface area contributed by atoms with Crippen LogP contribution in [0.5, 0.6) is 0 Å². The topological polar surface area (TPSA) is 67.5 Å². The van der Waals surface area contributed by atoms with Crippen molar-refractivity contribution in [3.8, 4) is 0 Å². The molecule has 2 rings (SSSR count). The van der Waals surface area contributed by atoms with Gasteiger partial charge in [-0.1, -0.05) is 30.3 Å². The Labute approximate surface area is 162 Å². The number of nitrogens with two attached hydrogens (primary N) is 1. The summed E-state index contributed by atoms with van der Waals surface area (Å²) in [7, 11) is 0. The molecule has 0 aromatic heterocycles. The van der Waals surface area contributed by atoms with E-state index in [-0.39, 0.29) is 54.3 Å². The molecule has 4 nitrogen and oxygen atoms in total. The first-order valence-electron chi connectivity index (χ1n) is 7.95. The molecule has 1 unspecified atom stereocenters. The van der Waals surface area contributed by atoms with E-state index in [0.717, 1.165) is 38.8 Å². The van der Waals surface area contributed by atoms with Crippen LogP contribution in [-0.4, -0.2) is 80.3 Å². The number of hydrogen-bond donors (Lipinski definition) is 3. The summed E-state index contributed by atoms with van der Waals surface area (Å²) in [4.78, 5) is 0. The number of nitrogens with one attached hydrogen (secondary N) is 1. The third-order valence-corrected chi connectivity index (χ3v) is 4.51. The molecule has 0 spiro atoms. The SMILES string of the molecule is NCC(CC1(CO)CCNCC1)OCCc1ccccc1.[AlH3].[LiH]. The number of rotatable bonds is 8. The van der Waals surface area contributed by atoms with Crippen LogP contribution in [0.15, 0.2) is 30.3 Å². The summed E-state index contributed by atoms with van der Waals surface area (Å²) in [6.07, 6.45) is 3.81. The molecule has 0 bridgehead atoms. The van der Waals surface area contributed by atoms with Crippen LogP contribution in [0, 0.1) is 5.41 Å². The van der Waals surface area contributed by atoms with E-state index in [1.165, 1.54) is 5.56 Å². The Bertz CT molecular complexity index is 403. The quantitative estimate of drug-likeness (QED) is 0.562. The van der Waals surface area contributed by atoms with Crippen LogP contribution in [0.1, 0.15) is 24.8 Å². The molecule has 1 aliphatic rings. The Hall–Kier alpha value is 0.190. The molecule has 1 aromatic rings. The number of hydrogen-bond acceptors (Lipinski definition) is 4. The summed E-state index contributed by atoms with van der Waals surface area (Å²) < 4.78 is 5.97. The molecule has 1 heterocycles. The maximum absolute atomic E-state index is 9.77. The molecular weight excluding hydrogens is 298 g/mol. The Morgan fingerprint density at radius 2 is 1.87 bits per heavy atom. The molecule has 6 heteroatoms. The fourth-order valence-electron chi connectivity index (χ4n) is 3.07. The normalized spacial score (nSPS) is 17.7. The van der Waals surface area contributed by atoms with Crippen molar-refractivity contribution in [3.05, 3.63) is 35.9 Å². The van der Waals surface area contributed by atoms with Crippen LogP contribution in [0.3, 0.4) is 0 Å². The zero-order valence-corrected chi connectivity index (χ0v) is 12.8. The number of benzene rings is 1.